The number of anilines is 1. The quantitative estimate of drug-likeness (QED) is 0.418. The average molecular weight is 221 g/mol. The first-order chi connectivity index (χ1) is 7.69. The molecule has 0 aliphatic heterocycles. The van der Waals surface area contributed by atoms with Crippen molar-refractivity contribution in [2.45, 2.75) is 12.8 Å². The van der Waals surface area contributed by atoms with Crippen molar-refractivity contribution >= 4 is 12.0 Å². The van der Waals surface area contributed by atoms with Crippen molar-refractivity contribution in [2.24, 2.45) is 0 Å². The maximum Gasteiger partial charge on any atom is 0.150 e. The number of carbonyl (C=O) groups excluding carboxylic acids is 1. The highest BCUT2D eigenvalue weighted by molar-refractivity contribution is 5.75. The van der Waals surface area contributed by atoms with Gasteiger partial charge in [0.25, 0.3) is 0 Å². The first-order valence-electron chi connectivity index (χ1n) is 5.25. The summed E-state index contributed by atoms with van der Waals surface area (Å²) in [7, 11) is 1.84. The molecule has 0 aromatic heterocycles. The lowest BCUT2D eigenvalue weighted by Gasteiger charge is -2.19. The summed E-state index contributed by atoms with van der Waals surface area (Å²) in [6, 6.07) is 4.51. The first kappa shape index (κ1) is 12.4. The summed E-state index contributed by atoms with van der Waals surface area (Å²) in [4.78, 5) is 12.3. The molecule has 0 saturated heterocycles. The molecule has 0 N–H and O–H groups in total. The van der Waals surface area contributed by atoms with Gasteiger partial charge in [0.2, 0.25) is 0 Å². The SMILES string of the molecule is C=CCCCN(C)c1ccc(C=O)cc1F. The van der Waals surface area contributed by atoms with Gasteiger partial charge in [0.15, 0.2) is 0 Å². The third kappa shape index (κ3) is 3.19. The summed E-state index contributed by atoms with van der Waals surface area (Å²) in [5, 5.41) is 0. The maximum absolute atomic E-state index is 13.6. The summed E-state index contributed by atoms with van der Waals surface area (Å²) in [5.41, 5.74) is 0.885. The Labute approximate surface area is 95.4 Å². The zero-order valence-corrected chi connectivity index (χ0v) is 9.45. The highest BCUT2D eigenvalue weighted by Gasteiger charge is 2.07. The van der Waals surface area contributed by atoms with Crippen molar-refractivity contribution in [3.8, 4) is 0 Å². The van der Waals surface area contributed by atoms with Gasteiger partial charge in [-0.25, -0.2) is 4.39 Å². The van der Waals surface area contributed by atoms with Crippen LogP contribution in [0.15, 0.2) is 30.9 Å². The van der Waals surface area contributed by atoms with Crippen molar-refractivity contribution in [1.82, 2.24) is 0 Å². The molecule has 0 spiro atoms. The van der Waals surface area contributed by atoms with Crippen molar-refractivity contribution in [1.29, 1.82) is 0 Å². The van der Waals surface area contributed by atoms with Crippen LogP contribution < -0.4 is 4.90 Å². The molecule has 0 heterocycles. The molecule has 0 amide bonds. The number of allylic oxidation sites excluding steroid dienone is 1. The molecule has 0 radical (unpaired) electrons. The molecular formula is C13H16FNO. The Bertz CT molecular complexity index is 376. The lowest BCUT2D eigenvalue weighted by molar-refractivity contribution is 0.112. The summed E-state index contributed by atoms with van der Waals surface area (Å²) in [6.45, 7) is 4.41. The van der Waals surface area contributed by atoms with Gasteiger partial charge in [-0.1, -0.05) is 6.08 Å². The molecule has 1 rings (SSSR count). The van der Waals surface area contributed by atoms with Crippen LogP contribution in [0.4, 0.5) is 10.1 Å². The highest BCUT2D eigenvalue weighted by atomic mass is 19.1. The van der Waals surface area contributed by atoms with Crippen LogP contribution in [0, 0.1) is 5.82 Å². The number of unbranched alkanes of at least 4 members (excludes halogenated alkanes) is 1. The average Bonchev–Trinajstić information content (AvgIpc) is 2.29. The molecule has 0 bridgehead atoms. The topological polar surface area (TPSA) is 20.3 Å². The monoisotopic (exact) mass is 221 g/mol. The largest absolute Gasteiger partial charge is 0.372 e. The first-order valence-corrected chi connectivity index (χ1v) is 5.25. The summed E-state index contributed by atoms with van der Waals surface area (Å²) in [5.74, 6) is -0.356. The number of aldehydes is 1. The molecule has 16 heavy (non-hydrogen) atoms. The van der Waals surface area contributed by atoms with E-state index in [9.17, 15) is 9.18 Å². The van der Waals surface area contributed by atoms with Gasteiger partial charge < -0.3 is 4.90 Å². The van der Waals surface area contributed by atoms with Gasteiger partial charge in [-0.3, -0.25) is 4.79 Å². The molecule has 2 nitrogen and oxygen atoms in total. The van der Waals surface area contributed by atoms with E-state index in [0.717, 1.165) is 19.4 Å². The van der Waals surface area contributed by atoms with Crippen LogP contribution in [-0.4, -0.2) is 19.9 Å². The van der Waals surface area contributed by atoms with Crippen molar-refractivity contribution in [3.63, 3.8) is 0 Å². The summed E-state index contributed by atoms with van der Waals surface area (Å²) in [6.07, 6.45) is 4.34. The number of benzene rings is 1. The number of hydrogen-bond donors (Lipinski definition) is 0. The second kappa shape index (κ2) is 6.05. The minimum Gasteiger partial charge on any atom is -0.372 e. The van der Waals surface area contributed by atoms with E-state index in [1.807, 2.05) is 18.0 Å². The molecular weight excluding hydrogens is 205 g/mol. The zero-order valence-electron chi connectivity index (χ0n) is 9.45. The number of rotatable bonds is 6. The molecule has 3 heteroatoms. The van der Waals surface area contributed by atoms with Crippen LogP contribution in [0.1, 0.15) is 23.2 Å². The fourth-order valence-electron chi connectivity index (χ4n) is 1.50. The van der Waals surface area contributed by atoms with Crippen molar-refractivity contribution in [2.75, 3.05) is 18.5 Å². The standard InChI is InChI=1S/C13H16FNO/c1-3-4-5-8-15(2)13-7-6-11(10-16)9-12(13)14/h3,6-7,9-10H,1,4-5,8H2,2H3. The predicted octanol–water partition coefficient (Wildman–Crippen LogP) is 3.04. The van der Waals surface area contributed by atoms with Crippen LogP contribution in [0.2, 0.25) is 0 Å². The normalized spacial score (nSPS) is 9.88. The lowest BCUT2D eigenvalue weighted by Crippen LogP contribution is -2.19. The fourth-order valence-corrected chi connectivity index (χ4v) is 1.50. The molecule has 0 fully saturated rings. The van der Waals surface area contributed by atoms with Crippen LogP contribution >= 0.6 is 0 Å². The van der Waals surface area contributed by atoms with Crippen LogP contribution in [-0.2, 0) is 0 Å². The van der Waals surface area contributed by atoms with Gasteiger partial charge in [0.1, 0.15) is 12.1 Å². The Kier molecular flexibility index (Phi) is 4.70. The smallest absolute Gasteiger partial charge is 0.150 e. The van der Waals surface area contributed by atoms with Gasteiger partial charge in [0, 0.05) is 19.2 Å². The predicted molar refractivity (Wildman–Crippen MR) is 64.5 cm³/mol. The van der Waals surface area contributed by atoms with Gasteiger partial charge in [-0.05, 0) is 31.0 Å². The molecule has 0 aliphatic rings. The van der Waals surface area contributed by atoms with E-state index >= 15 is 0 Å². The Hall–Kier alpha value is -1.64. The van der Waals surface area contributed by atoms with Crippen molar-refractivity contribution < 1.29 is 9.18 Å². The second-order valence-corrected chi connectivity index (χ2v) is 3.68. The molecule has 0 aliphatic carbocycles. The third-order valence-corrected chi connectivity index (χ3v) is 2.42. The minimum absolute atomic E-state index is 0.356. The number of halogens is 1. The van der Waals surface area contributed by atoms with Gasteiger partial charge in [0.05, 0.1) is 5.69 Å². The van der Waals surface area contributed by atoms with Crippen LogP contribution in [0.3, 0.4) is 0 Å². The van der Waals surface area contributed by atoms with E-state index in [1.165, 1.54) is 6.07 Å². The minimum atomic E-state index is -0.356. The Morgan fingerprint density at radius 3 is 2.81 bits per heavy atom. The maximum atomic E-state index is 13.6. The summed E-state index contributed by atoms with van der Waals surface area (Å²) < 4.78 is 13.6. The number of hydrogen-bond acceptors (Lipinski definition) is 2. The zero-order chi connectivity index (χ0) is 12.0. The van der Waals surface area contributed by atoms with E-state index in [-0.39, 0.29) is 5.82 Å². The van der Waals surface area contributed by atoms with E-state index in [4.69, 9.17) is 0 Å². The van der Waals surface area contributed by atoms with Gasteiger partial charge >= 0.3 is 0 Å². The number of nitrogens with zero attached hydrogens (tertiary/aromatic N) is 1. The van der Waals surface area contributed by atoms with Crippen molar-refractivity contribution in [3.05, 3.63) is 42.2 Å². The summed E-state index contributed by atoms with van der Waals surface area (Å²) >= 11 is 0. The second-order valence-electron chi connectivity index (χ2n) is 3.68. The third-order valence-electron chi connectivity index (χ3n) is 2.42. The van der Waals surface area contributed by atoms with Gasteiger partial charge in [-0.15, -0.1) is 6.58 Å². The Morgan fingerprint density at radius 1 is 1.50 bits per heavy atom. The molecule has 0 unspecified atom stereocenters. The molecule has 0 atom stereocenters. The lowest BCUT2D eigenvalue weighted by atomic mass is 10.2. The molecule has 1 aromatic carbocycles. The van der Waals surface area contributed by atoms with Crippen LogP contribution in [0.25, 0.3) is 0 Å². The molecule has 1 aromatic rings. The Balaban J connectivity index is 2.71. The highest BCUT2D eigenvalue weighted by Crippen LogP contribution is 2.19. The number of carbonyl (C=O) groups is 1. The molecule has 0 saturated carbocycles. The molecule has 86 valence electrons. The van der Waals surface area contributed by atoms with Gasteiger partial charge in [-0.2, -0.15) is 0 Å². The van der Waals surface area contributed by atoms with E-state index in [2.05, 4.69) is 6.58 Å². The fraction of sp³-hybridized carbons (Fsp3) is 0.308. The van der Waals surface area contributed by atoms with E-state index in [1.54, 1.807) is 12.1 Å². The van der Waals surface area contributed by atoms with E-state index < -0.39 is 0 Å². The Morgan fingerprint density at radius 2 is 2.25 bits per heavy atom. The van der Waals surface area contributed by atoms with E-state index in [0.29, 0.717) is 17.5 Å². The van der Waals surface area contributed by atoms with Crippen LogP contribution in [0.5, 0.6) is 0 Å².